The summed E-state index contributed by atoms with van der Waals surface area (Å²) in [7, 11) is 0. The van der Waals surface area contributed by atoms with E-state index in [0.717, 1.165) is 19.4 Å². The maximum absolute atomic E-state index is 8.72. The molecule has 0 amide bonds. The Morgan fingerprint density at radius 1 is 1.58 bits per heavy atom. The van der Waals surface area contributed by atoms with Gasteiger partial charge in [-0.2, -0.15) is 0 Å². The summed E-state index contributed by atoms with van der Waals surface area (Å²) in [5, 5.41) is 11.9. The third kappa shape index (κ3) is 5.17. The SMILES string of the molecule is C#CC(C)NCC(CC)CCO. The predicted molar refractivity (Wildman–Crippen MR) is 51.8 cm³/mol. The van der Waals surface area contributed by atoms with Crippen LogP contribution in [0.3, 0.4) is 0 Å². The monoisotopic (exact) mass is 169 g/mol. The highest BCUT2D eigenvalue weighted by Crippen LogP contribution is 2.05. The van der Waals surface area contributed by atoms with Crippen LogP contribution in [0.5, 0.6) is 0 Å². The van der Waals surface area contributed by atoms with Gasteiger partial charge in [-0.1, -0.05) is 19.3 Å². The maximum atomic E-state index is 8.72. The fourth-order valence-electron chi connectivity index (χ4n) is 1.04. The predicted octanol–water partition coefficient (Wildman–Crippen LogP) is 1.01. The Bertz CT molecular complexity index is 139. The van der Waals surface area contributed by atoms with Gasteiger partial charge in [-0.15, -0.1) is 6.42 Å². The van der Waals surface area contributed by atoms with E-state index in [-0.39, 0.29) is 12.6 Å². The fraction of sp³-hybridized carbons (Fsp3) is 0.800. The number of terminal acetylenes is 1. The zero-order valence-electron chi connectivity index (χ0n) is 8.01. The van der Waals surface area contributed by atoms with E-state index in [2.05, 4.69) is 18.2 Å². The Balaban J connectivity index is 3.51. The van der Waals surface area contributed by atoms with E-state index in [1.165, 1.54) is 0 Å². The number of hydrogen-bond donors (Lipinski definition) is 2. The molecular weight excluding hydrogens is 150 g/mol. The minimum atomic E-state index is 0.137. The maximum Gasteiger partial charge on any atom is 0.0658 e. The van der Waals surface area contributed by atoms with Crippen molar-refractivity contribution in [3.05, 3.63) is 0 Å². The van der Waals surface area contributed by atoms with Gasteiger partial charge in [-0.3, -0.25) is 0 Å². The molecule has 2 N–H and O–H groups in total. The largest absolute Gasteiger partial charge is 0.396 e. The molecule has 0 aliphatic heterocycles. The summed E-state index contributed by atoms with van der Waals surface area (Å²) in [5.41, 5.74) is 0. The average molecular weight is 169 g/mol. The summed E-state index contributed by atoms with van der Waals surface area (Å²) >= 11 is 0. The van der Waals surface area contributed by atoms with Crippen LogP contribution < -0.4 is 5.32 Å². The highest BCUT2D eigenvalue weighted by atomic mass is 16.3. The van der Waals surface area contributed by atoms with Gasteiger partial charge in [0, 0.05) is 6.61 Å². The van der Waals surface area contributed by atoms with Crippen LogP contribution in [0.25, 0.3) is 0 Å². The minimum Gasteiger partial charge on any atom is -0.396 e. The molecule has 0 heterocycles. The Hall–Kier alpha value is -0.520. The standard InChI is InChI=1S/C10H19NO/c1-4-9(3)11-8-10(5-2)6-7-12/h1,9-12H,5-8H2,2-3H3. The molecule has 0 radical (unpaired) electrons. The van der Waals surface area contributed by atoms with Crippen molar-refractivity contribution in [2.75, 3.05) is 13.2 Å². The van der Waals surface area contributed by atoms with Gasteiger partial charge in [0.2, 0.25) is 0 Å². The van der Waals surface area contributed by atoms with E-state index in [1.807, 2.05) is 6.92 Å². The summed E-state index contributed by atoms with van der Waals surface area (Å²) in [4.78, 5) is 0. The van der Waals surface area contributed by atoms with Crippen LogP contribution >= 0.6 is 0 Å². The lowest BCUT2D eigenvalue weighted by atomic mass is 10.0. The molecule has 2 atom stereocenters. The van der Waals surface area contributed by atoms with Gasteiger partial charge in [-0.25, -0.2) is 0 Å². The lowest BCUT2D eigenvalue weighted by Crippen LogP contribution is -2.30. The summed E-state index contributed by atoms with van der Waals surface area (Å²) in [5.74, 6) is 3.16. The minimum absolute atomic E-state index is 0.137. The van der Waals surface area contributed by atoms with Crippen molar-refractivity contribution < 1.29 is 5.11 Å². The van der Waals surface area contributed by atoms with Crippen molar-refractivity contribution in [3.8, 4) is 12.3 Å². The Kier molecular flexibility index (Phi) is 6.84. The summed E-state index contributed by atoms with van der Waals surface area (Å²) in [6.45, 7) is 5.27. The number of aliphatic hydroxyl groups is 1. The first-order chi connectivity index (χ1) is 5.74. The van der Waals surface area contributed by atoms with E-state index >= 15 is 0 Å². The zero-order chi connectivity index (χ0) is 9.40. The molecule has 0 aromatic carbocycles. The number of hydrogen-bond acceptors (Lipinski definition) is 2. The molecule has 0 fully saturated rings. The second-order valence-corrected chi connectivity index (χ2v) is 3.08. The van der Waals surface area contributed by atoms with Gasteiger partial charge in [0.1, 0.15) is 0 Å². The van der Waals surface area contributed by atoms with Crippen LogP contribution in [-0.2, 0) is 0 Å². The van der Waals surface area contributed by atoms with Gasteiger partial charge in [0.05, 0.1) is 6.04 Å². The van der Waals surface area contributed by atoms with Crippen molar-refractivity contribution in [1.29, 1.82) is 0 Å². The third-order valence-corrected chi connectivity index (χ3v) is 2.08. The Morgan fingerprint density at radius 2 is 2.25 bits per heavy atom. The zero-order valence-corrected chi connectivity index (χ0v) is 8.01. The quantitative estimate of drug-likeness (QED) is 0.582. The lowest BCUT2D eigenvalue weighted by molar-refractivity contribution is 0.250. The molecule has 0 bridgehead atoms. The van der Waals surface area contributed by atoms with Gasteiger partial charge in [0.25, 0.3) is 0 Å². The summed E-state index contributed by atoms with van der Waals surface area (Å²) in [6, 6.07) is 0.137. The highest BCUT2D eigenvalue weighted by Gasteiger charge is 2.05. The van der Waals surface area contributed by atoms with Gasteiger partial charge >= 0.3 is 0 Å². The van der Waals surface area contributed by atoms with Crippen molar-refractivity contribution in [1.82, 2.24) is 5.32 Å². The number of nitrogens with one attached hydrogen (secondary N) is 1. The first kappa shape index (κ1) is 11.5. The Labute approximate surface area is 75.4 Å². The summed E-state index contributed by atoms with van der Waals surface area (Å²) < 4.78 is 0. The molecule has 0 spiro atoms. The molecular formula is C10H19NO. The molecule has 0 aromatic rings. The van der Waals surface area contributed by atoms with Crippen LogP contribution in [0.2, 0.25) is 0 Å². The molecule has 0 aromatic heterocycles. The molecule has 12 heavy (non-hydrogen) atoms. The topological polar surface area (TPSA) is 32.3 Å². The van der Waals surface area contributed by atoms with Crippen LogP contribution in [0, 0.1) is 18.3 Å². The lowest BCUT2D eigenvalue weighted by Gasteiger charge is -2.15. The van der Waals surface area contributed by atoms with Crippen molar-refractivity contribution >= 4 is 0 Å². The first-order valence-electron chi connectivity index (χ1n) is 4.55. The number of rotatable bonds is 6. The van der Waals surface area contributed by atoms with Crippen molar-refractivity contribution in [3.63, 3.8) is 0 Å². The number of aliphatic hydroxyl groups excluding tert-OH is 1. The van der Waals surface area contributed by atoms with Crippen LogP contribution in [-0.4, -0.2) is 24.3 Å². The molecule has 0 aliphatic rings. The third-order valence-electron chi connectivity index (χ3n) is 2.08. The fourth-order valence-corrected chi connectivity index (χ4v) is 1.04. The normalized spacial score (nSPS) is 15.2. The van der Waals surface area contributed by atoms with Crippen LogP contribution in [0.4, 0.5) is 0 Å². The van der Waals surface area contributed by atoms with Crippen LogP contribution in [0.1, 0.15) is 26.7 Å². The molecule has 2 nitrogen and oxygen atoms in total. The second kappa shape index (κ2) is 7.15. The molecule has 70 valence electrons. The van der Waals surface area contributed by atoms with Gasteiger partial charge in [0.15, 0.2) is 0 Å². The molecule has 2 unspecified atom stereocenters. The van der Waals surface area contributed by atoms with Gasteiger partial charge in [-0.05, 0) is 25.8 Å². The van der Waals surface area contributed by atoms with Crippen molar-refractivity contribution in [2.24, 2.45) is 5.92 Å². The average Bonchev–Trinajstić information content (AvgIpc) is 2.11. The molecule has 2 heteroatoms. The van der Waals surface area contributed by atoms with E-state index in [9.17, 15) is 0 Å². The molecule has 0 rings (SSSR count). The van der Waals surface area contributed by atoms with Gasteiger partial charge < -0.3 is 10.4 Å². The molecule has 0 aliphatic carbocycles. The van der Waals surface area contributed by atoms with E-state index in [1.54, 1.807) is 0 Å². The molecule has 0 saturated heterocycles. The molecule has 0 saturated carbocycles. The first-order valence-corrected chi connectivity index (χ1v) is 4.55. The second-order valence-electron chi connectivity index (χ2n) is 3.08. The smallest absolute Gasteiger partial charge is 0.0658 e. The highest BCUT2D eigenvalue weighted by molar-refractivity contribution is 4.95. The Morgan fingerprint density at radius 3 is 2.67 bits per heavy atom. The summed E-state index contributed by atoms with van der Waals surface area (Å²) in [6.07, 6.45) is 7.16. The van der Waals surface area contributed by atoms with E-state index in [4.69, 9.17) is 11.5 Å². The van der Waals surface area contributed by atoms with E-state index in [0.29, 0.717) is 5.92 Å². The van der Waals surface area contributed by atoms with Crippen LogP contribution in [0.15, 0.2) is 0 Å². The van der Waals surface area contributed by atoms with Crippen molar-refractivity contribution in [2.45, 2.75) is 32.7 Å². The van der Waals surface area contributed by atoms with E-state index < -0.39 is 0 Å².